The smallest absolute Gasteiger partial charge is 0.240 e. The minimum atomic E-state index is 0.424. The maximum Gasteiger partial charge on any atom is 0.240 e. The summed E-state index contributed by atoms with van der Waals surface area (Å²) in [5.74, 6) is 3.56. The molecule has 24 heavy (non-hydrogen) atoms. The molecule has 0 bridgehead atoms. The minimum Gasteiger partial charge on any atom is -0.493 e. The van der Waals surface area contributed by atoms with Crippen LogP contribution < -0.4 is 9.47 Å². The van der Waals surface area contributed by atoms with E-state index in [-0.39, 0.29) is 0 Å². The van der Waals surface area contributed by atoms with Crippen molar-refractivity contribution in [2.24, 2.45) is 0 Å². The number of hydrogen-bond donors (Lipinski definition) is 0. The van der Waals surface area contributed by atoms with Crippen molar-refractivity contribution in [3.63, 3.8) is 0 Å². The summed E-state index contributed by atoms with van der Waals surface area (Å²) in [6.45, 7) is 4.79. The molecule has 0 spiro atoms. The fourth-order valence-electron chi connectivity index (χ4n) is 3.33. The number of para-hydroxylation sites is 1. The molecule has 1 saturated heterocycles. The molecule has 1 aromatic carbocycles. The summed E-state index contributed by atoms with van der Waals surface area (Å²) in [4.78, 5) is 6.81. The standard InChI is InChI=1S/C18H25N3O3/c1-4-6-16-19-17(24-20-16)12-21-10-9-13(11-21)14-7-5-8-15(22-2)18(14)23-3/h5,7-8,13H,4,6,9-12H2,1-3H3. The second-order valence-electron chi connectivity index (χ2n) is 6.16. The van der Waals surface area contributed by atoms with E-state index in [0.29, 0.717) is 18.4 Å². The third-order valence-corrected chi connectivity index (χ3v) is 4.49. The maximum absolute atomic E-state index is 5.58. The molecule has 1 unspecified atom stereocenters. The van der Waals surface area contributed by atoms with E-state index in [1.54, 1.807) is 14.2 Å². The van der Waals surface area contributed by atoms with Crippen LogP contribution in [0.4, 0.5) is 0 Å². The molecule has 1 aliphatic rings. The zero-order chi connectivity index (χ0) is 16.9. The molecule has 1 aromatic heterocycles. The number of aromatic nitrogens is 2. The van der Waals surface area contributed by atoms with Crippen molar-refractivity contribution >= 4 is 0 Å². The number of nitrogens with zero attached hydrogens (tertiary/aromatic N) is 3. The van der Waals surface area contributed by atoms with Crippen LogP contribution in [0.3, 0.4) is 0 Å². The van der Waals surface area contributed by atoms with Crippen LogP contribution in [0.15, 0.2) is 22.7 Å². The SMILES string of the molecule is CCCc1noc(CN2CCC(c3cccc(OC)c3OC)C2)n1. The first-order valence-electron chi connectivity index (χ1n) is 8.49. The van der Waals surface area contributed by atoms with E-state index in [0.717, 1.165) is 49.7 Å². The molecular weight excluding hydrogens is 306 g/mol. The van der Waals surface area contributed by atoms with Gasteiger partial charge in [-0.2, -0.15) is 4.98 Å². The second-order valence-corrected chi connectivity index (χ2v) is 6.16. The Labute approximate surface area is 142 Å². The van der Waals surface area contributed by atoms with Crippen LogP contribution in [0.5, 0.6) is 11.5 Å². The number of aryl methyl sites for hydroxylation is 1. The predicted octanol–water partition coefficient (Wildman–Crippen LogP) is 3.03. The van der Waals surface area contributed by atoms with E-state index in [1.165, 1.54) is 5.56 Å². The number of methoxy groups -OCH3 is 2. The Kier molecular flexibility index (Phi) is 5.35. The Balaban J connectivity index is 1.67. The van der Waals surface area contributed by atoms with E-state index in [2.05, 4.69) is 28.0 Å². The molecule has 6 heteroatoms. The minimum absolute atomic E-state index is 0.424. The van der Waals surface area contributed by atoms with Gasteiger partial charge in [0, 0.05) is 24.4 Å². The Bertz CT molecular complexity index is 671. The van der Waals surface area contributed by atoms with Gasteiger partial charge in [-0.25, -0.2) is 0 Å². The van der Waals surface area contributed by atoms with E-state index in [4.69, 9.17) is 14.0 Å². The van der Waals surface area contributed by atoms with Gasteiger partial charge in [0.05, 0.1) is 20.8 Å². The van der Waals surface area contributed by atoms with Crippen molar-refractivity contribution in [1.29, 1.82) is 0 Å². The average molecular weight is 331 g/mol. The van der Waals surface area contributed by atoms with Gasteiger partial charge in [-0.3, -0.25) is 4.90 Å². The quantitative estimate of drug-likeness (QED) is 0.777. The van der Waals surface area contributed by atoms with Crippen molar-refractivity contribution in [2.75, 3.05) is 27.3 Å². The fraction of sp³-hybridized carbons (Fsp3) is 0.556. The summed E-state index contributed by atoms with van der Waals surface area (Å²) in [7, 11) is 3.37. The first kappa shape index (κ1) is 16.8. The number of benzene rings is 1. The Morgan fingerprint density at radius 1 is 1.29 bits per heavy atom. The number of likely N-dealkylation sites (tertiary alicyclic amines) is 1. The van der Waals surface area contributed by atoms with Crippen molar-refractivity contribution in [3.05, 3.63) is 35.5 Å². The lowest BCUT2D eigenvalue weighted by Crippen LogP contribution is -2.20. The van der Waals surface area contributed by atoms with Crippen LogP contribution in [0.1, 0.15) is 43.0 Å². The van der Waals surface area contributed by atoms with Gasteiger partial charge in [0.25, 0.3) is 0 Å². The van der Waals surface area contributed by atoms with Gasteiger partial charge in [-0.05, 0) is 25.5 Å². The van der Waals surface area contributed by atoms with Crippen LogP contribution in [0.25, 0.3) is 0 Å². The third-order valence-electron chi connectivity index (χ3n) is 4.49. The predicted molar refractivity (Wildman–Crippen MR) is 90.5 cm³/mol. The van der Waals surface area contributed by atoms with E-state index < -0.39 is 0 Å². The first-order valence-corrected chi connectivity index (χ1v) is 8.49. The van der Waals surface area contributed by atoms with Crippen molar-refractivity contribution < 1.29 is 14.0 Å². The average Bonchev–Trinajstić information content (AvgIpc) is 3.24. The number of ether oxygens (including phenoxy) is 2. The van der Waals surface area contributed by atoms with Crippen LogP contribution >= 0.6 is 0 Å². The Hall–Kier alpha value is -2.08. The number of hydrogen-bond acceptors (Lipinski definition) is 6. The highest BCUT2D eigenvalue weighted by molar-refractivity contribution is 5.48. The molecule has 1 fully saturated rings. The highest BCUT2D eigenvalue weighted by Gasteiger charge is 2.28. The zero-order valence-electron chi connectivity index (χ0n) is 14.6. The van der Waals surface area contributed by atoms with Crippen LogP contribution in [0.2, 0.25) is 0 Å². The molecule has 0 saturated carbocycles. The molecule has 3 rings (SSSR count). The van der Waals surface area contributed by atoms with Crippen LogP contribution in [-0.2, 0) is 13.0 Å². The van der Waals surface area contributed by atoms with E-state index in [9.17, 15) is 0 Å². The fourth-order valence-corrected chi connectivity index (χ4v) is 3.33. The lowest BCUT2D eigenvalue weighted by molar-refractivity contribution is 0.264. The lowest BCUT2D eigenvalue weighted by atomic mass is 9.97. The van der Waals surface area contributed by atoms with Crippen molar-refractivity contribution in [3.8, 4) is 11.5 Å². The maximum atomic E-state index is 5.58. The lowest BCUT2D eigenvalue weighted by Gasteiger charge is -2.18. The molecule has 1 atom stereocenters. The van der Waals surface area contributed by atoms with E-state index >= 15 is 0 Å². The van der Waals surface area contributed by atoms with Crippen molar-refractivity contribution in [1.82, 2.24) is 15.0 Å². The molecule has 0 N–H and O–H groups in total. The monoisotopic (exact) mass is 331 g/mol. The van der Waals surface area contributed by atoms with Crippen molar-refractivity contribution in [2.45, 2.75) is 38.6 Å². The molecular formula is C18H25N3O3. The molecule has 2 heterocycles. The Morgan fingerprint density at radius 3 is 2.92 bits per heavy atom. The van der Waals surface area contributed by atoms with Gasteiger partial charge < -0.3 is 14.0 Å². The molecule has 6 nitrogen and oxygen atoms in total. The summed E-state index contributed by atoms with van der Waals surface area (Å²) < 4.78 is 16.3. The van der Waals surface area contributed by atoms with Gasteiger partial charge in [-0.1, -0.05) is 24.2 Å². The highest BCUT2D eigenvalue weighted by Crippen LogP contribution is 2.39. The molecule has 0 aliphatic carbocycles. The molecule has 0 amide bonds. The third kappa shape index (κ3) is 3.53. The number of rotatable bonds is 7. The summed E-state index contributed by atoms with van der Waals surface area (Å²) in [5, 5.41) is 4.03. The highest BCUT2D eigenvalue weighted by atomic mass is 16.5. The zero-order valence-corrected chi connectivity index (χ0v) is 14.6. The molecule has 130 valence electrons. The largest absolute Gasteiger partial charge is 0.493 e. The van der Waals surface area contributed by atoms with E-state index in [1.807, 2.05) is 12.1 Å². The van der Waals surface area contributed by atoms with Crippen LogP contribution in [0, 0.1) is 0 Å². The first-order chi connectivity index (χ1) is 11.7. The molecule has 2 aromatic rings. The van der Waals surface area contributed by atoms with Gasteiger partial charge in [-0.15, -0.1) is 0 Å². The summed E-state index contributed by atoms with van der Waals surface area (Å²) in [6.07, 6.45) is 2.98. The molecule has 0 radical (unpaired) electrons. The van der Waals surface area contributed by atoms with Gasteiger partial charge in [0.15, 0.2) is 17.3 Å². The van der Waals surface area contributed by atoms with Crippen LogP contribution in [-0.4, -0.2) is 42.3 Å². The van der Waals surface area contributed by atoms with Gasteiger partial charge >= 0.3 is 0 Å². The Morgan fingerprint density at radius 2 is 2.17 bits per heavy atom. The van der Waals surface area contributed by atoms with Gasteiger partial charge in [0.2, 0.25) is 5.89 Å². The summed E-state index contributed by atoms with van der Waals surface area (Å²) in [6, 6.07) is 6.08. The molecule has 1 aliphatic heterocycles. The van der Waals surface area contributed by atoms with Gasteiger partial charge in [0.1, 0.15) is 0 Å². The summed E-state index contributed by atoms with van der Waals surface area (Å²) in [5.41, 5.74) is 1.21. The summed E-state index contributed by atoms with van der Waals surface area (Å²) >= 11 is 0. The topological polar surface area (TPSA) is 60.6 Å². The second kappa shape index (κ2) is 7.66. The normalized spacial score (nSPS) is 18.0.